The fourth-order valence-corrected chi connectivity index (χ4v) is 5.59. The summed E-state index contributed by atoms with van der Waals surface area (Å²) >= 11 is 0. The fraction of sp³-hybridized carbons (Fsp3) is 0.294. The summed E-state index contributed by atoms with van der Waals surface area (Å²) in [6.07, 6.45) is 2.86. The number of H-pyrrole nitrogens is 1. The molecular weight excluding hydrogens is 583 g/mol. The molecular formula is C34H34KN4O5. The molecule has 6 rings (SSSR count). The van der Waals surface area contributed by atoms with Gasteiger partial charge in [-0.2, -0.15) is 0 Å². The number of fused-ring (bicyclic) bond motifs is 1. The van der Waals surface area contributed by atoms with Gasteiger partial charge in [-0.15, -0.1) is 0 Å². The minimum absolute atomic E-state index is 0. The van der Waals surface area contributed by atoms with Gasteiger partial charge in [0.2, 0.25) is 5.75 Å². The molecule has 1 N–H and O–H groups in total. The van der Waals surface area contributed by atoms with Crippen LogP contribution in [-0.4, -0.2) is 76.7 Å². The van der Waals surface area contributed by atoms with Crippen molar-refractivity contribution >= 4 is 51.4 Å². The van der Waals surface area contributed by atoms with Crippen molar-refractivity contribution in [2.45, 2.75) is 65.5 Å². The Balaban J connectivity index is 0.00000384. The number of nitrogens with zero attached hydrogens (tertiary/aromatic N) is 3. The van der Waals surface area contributed by atoms with E-state index in [4.69, 9.17) is 19.0 Å². The van der Waals surface area contributed by atoms with E-state index in [1.165, 1.54) is 0 Å². The number of aromatic nitrogens is 4. The van der Waals surface area contributed by atoms with Crippen LogP contribution in [0.15, 0.2) is 80.8 Å². The summed E-state index contributed by atoms with van der Waals surface area (Å²) in [6, 6.07) is 21.4. The number of rotatable bonds is 9. The van der Waals surface area contributed by atoms with Gasteiger partial charge in [-0.3, -0.25) is 18.9 Å². The molecule has 0 aliphatic carbocycles. The van der Waals surface area contributed by atoms with Gasteiger partial charge in [-0.1, -0.05) is 79.7 Å². The second-order valence-corrected chi connectivity index (χ2v) is 11.4. The predicted molar refractivity (Wildman–Crippen MR) is 170 cm³/mol. The van der Waals surface area contributed by atoms with E-state index in [-0.39, 0.29) is 68.3 Å². The number of para-hydroxylation sites is 1. The third-order valence-corrected chi connectivity index (χ3v) is 7.58. The maximum atomic E-state index is 14.1. The zero-order chi connectivity index (χ0) is 30.1. The van der Waals surface area contributed by atoms with Crippen LogP contribution in [0.1, 0.15) is 56.8 Å². The number of hydrogen-bond donors (Lipinski definition) is 1. The Labute approximate surface area is 298 Å². The smallest absolute Gasteiger partial charge is 0.439 e. The monoisotopic (exact) mass is 617 g/mol. The van der Waals surface area contributed by atoms with Crippen LogP contribution in [0.4, 0.5) is 0 Å². The Bertz CT molecular complexity index is 1910. The summed E-state index contributed by atoms with van der Waals surface area (Å²) in [4.78, 5) is 33.2. The standard InChI is InChI=1S/C34H34N4O5.K/c1-5-10-28-35-26(6-2)30(41-27-14-9-11-23-19-34(3,4)42-29(23)27)32(39)38(28)20-21-15-17-22(18-16-21)24-12-7-8-13-25(24)31-36-33(40)43-37-31;/h7-9,11-18H,5-6,10,19-20H2,1-4H3,(H,36,37,40);. The van der Waals surface area contributed by atoms with E-state index in [1.54, 1.807) is 4.57 Å². The summed E-state index contributed by atoms with van der Waals surface area (Å²) in [7, 11) is 0. The van der Waals surface area contributed by atoms with Crippen LogP contribution in [0, 0.1) is 0 Å². The van der Waals surface area contributed by atoms with Crippen LogP contribution in [0.25, 0.3) is 22.5 Å². The molecule has 0 saturated carbocycles. The molecule has 0 spiro atoms. The molecule has 221 valence electrons. The number of nitrogens with one attached hydrogen (secondary N) is 1. The van der Waals surface area contributed by atoms with Crippen molar-refractivity contribution < 1.29 is 14.0 Å². The van der Waals surface area contributed by atoms with Crippen molar-refractivity contribution in [3.8, 4) is 39.8 Å². The average molecular weight is 618 g/mol. The maximum Gasteiger partial charge on any atom is 0.439 e. The van der Waals surface area contributed by atoms with Gasteiger partial charge in [0, 0.05) is 75.4 Å². The molecule has 1 aliphatic rings. The van der Waals surface area contributed by atoms with Crippen LogP contribution in [0.2, 0.25) is 0 Å². The Morgan fingerprint density at radius 1 is 0.977 bits per heavy atom. The van der Waals surface area contributed by atoms with Crippen molar-refractivity contribution in [1.82, 2.24) is 19.7 Å². The van der Waals surface area contributed by atoms with E-state index in [0.29, 0.717) is 42.4 Å². The molecule has 3 heterocycles. The van der Waals surface area contributed by atoms with Crippen LogP contribution in [-0.2, 0) is 25.8 Å². The summed E-state index contributed by atoms with van der Waals surface area (Å²) in [5.41, 5.74) is 4.68. The summed E-state index contributed by atoms with van der Waals surface area (Å²) in [5, 5.41) is 3.85. The molecule has 0 fully saturated rings. The van der Waals surface area contributed by atoms with Crippen LogP contribution in [0.5, 0.6) is 17.2 Å². The number of aryl methyl sites for hydroxylation is 2. The van der Waals surface area contributed by atoms with Gasteiger partial charge in [0.25, 0.3) is 5.56 Å². The SMILES string of the molecule is CCCc1nc(CC)c(Oc2cccc3c2OC(C)(C)C3)c(=O)n1Cc1ccc(-c2ccccc2-c2noc(=O)[nH]2)cc1.[K]. The third kappa shape index (κ3) is 6.55. The Morgan fingerprint density at radius 3 is 2.41 bits per heavy atom. The van der Waals surface area contributed by atoms with Crippen LogP contribution < -0.4 is 20.8 Å². The molecule has 10 heteroatoms. The minimum atomic E-state index is -0.604. The molecule has 0 atom stereocenters. The zero-order valence-corrected chi connectivity index (χ0v) is 28.9. The van der Waals surface area contributed by atoms with Gasteiger partial charge in [0.15, 0.2) is 17.3 Å². The summed E-state index contributed by atoms with van der Waals surface area (Å²) in [6.45, 7) is 8.49. The summed E-state index contributed by atoms with van der Waals surface area (Å²) < 4.78 is 19.0. The minimum Gasteiger partial charge on any atom is -0.483 e. The average Bonchev–Trinajstić information content (AvgIpc) is 3.58. The Morgan fingerprint density at radius 2 is 1.73 bits per heavy atom. The zero-order valence-electron chi connectivity index (χ0n) is 25.8. The Kier molecular flexibility index (Phi) is 9.76. The van der Waals surface area contributed by atoms with E-state index in [2.05, 4.69) is 17.1 Å². The predicted octanol–water partition coefficient (Wildman–Crippen LogP) is 5.94. The number of aromatic amines is 1. The quantitative estimate of drug-likeness (QED) is 0.204. The van der Waals surface area contributed by atoms with Crippen molar-refractivity contribution in [2.75, 3.05) is 0 Å². The van der Waals surface area contributed by atoms with Gasteiger partial charge in [0.1, 0.15) is 11.4 Å². The molecule has 1 radical (unpaired) electrons. The maximum absolute atomic E-state index is 14.1. The molecule has 5 aromatic rings. The summed E-state index contributed by atoms with van der Waals surface area (Å²) in [5.74, 6) is 1.94. The number of benzene rings is 3. The number of ether oxygens (including phenoxy) is 2. The molecule has 0 amide bonds. The molecule has 0 saturated heterocycles. The van der Waals surface area contributed by atoms with Crippen LogP contribution >= 0.6 is 0 Å². The van der Waals surface area contributed by atoms with Gasteiger partial charge in [-0.05, 0) is 49.4 Å². The molecule has 0 unspecified atom stereocenters. The topological polar surface area (TPSA) is 112 Å². The van der Waals surface area contributed by atoms with Crippen molar-refractivity contribution in [3.63, 3.8) is 0 Å². The third-order valence-electron chi connectivity index (χ3n) is 7.58. The first kappa shape index (κ1) is 32.1. The van der Waals surface area contributed by atoms with Crippen molar-refractivity contribution in [1.29, 1.82) is 0 Å². The molecule has 1 aliphatic heterocycles. The molecule has 0 bridgehead atoms. The first-order valence-electron chi connectivity index (χ1n) is 14.6. The fourth-order valence-electron chi connectivity index (χ4n) is 5.59. The first-order chi connectivity index (χ1) is 20.8. The molecule has 3 aromatic carbocycles. The molecule has 9 nitrogen and oxygen atoms in total. The van der Waals surface area contributed by atoms with Gasteiger partial charge < -0.3 is 9.47 Å². The second-order valence-electron chi connectivity index (χ2n) is 11.4. The molecule has 44 heavy (non-hydrogen) atoms. The second kappa shape index (κ2) is 13.4. The van der Waals surface area contributed by atoms with E-state index < -0.39 is 5.76 Å². The molecule has 2 aromatic heterocycles. The van der Waals surface area contributed by atoms with E-state index in [1.807, 2.05) is 87.5 Å². The Hall–Kier alpha value is -3.28. The van der Waals surface area contributed by atoms with Crippen molar-refractivity contribution in [2.24, 2.45) is 0 Å². The normalized spacial score (nSPS) is 13.2. The van der Waals surface area contributed by atoms with E-state index >= 15 is 0 Å². The van der Waals surface area contributed by atoms with Gasteiger partial charge in [0.05, 0.1) is 12.2 Å². The van der Waals surface area contributed by atoms with Crippen LogP contribution in [0.3, 0.4) is 0 Å². The first-order valence-corrected chi connectivity index (χ1v) is 14.6. The van der Waals surface area contributed by atoms with Gasteiger partial charge >= 0.3 is 5.76 Å². The van der Waals surface area contributed by atoms with E-state index in [0.717, 1.165) is 46.5 Å². The van der Waals surface area contributed by atoms with Crippen molar-refractivity contribution in [3.05, 3.63) is 110 Å². The van der Waals surface area contributed by atoms with E-state index in [9.17, 15) is 9.59 Å². The number of hydrogen-bond acceptors (Lipinski definition) is 7. The van der Waals surface area contributed by atoms with Gasteiger partial charge in [-0.25, -0.2) is 9.78 Å². The largest absolute Gasteiger partial charge is 0.483 e.